The minimum atomic E-state index is -0.717. The molecular weight excluding hydrogens is 309 g/mol. The van der Waals surface area contributed by atoms with Crippen LogP contribution in [-0.2, 0) is 4.79 Å². The molecule has 2 aromatic carbocycles. The number of carboxylic acids is 1. The monoisotopic (exact) mass is 333 g/mol. The normalized spacial score (nSPS) is 15.4. The maximum absolute atomic E-state index is 10.7. The molecule has 0 saturated carbocycles. The standard InChI is InChI=1S/C20H23NO3.Li.H/c22-20(23)12-15-21-13-10-17(11-14-21)16-6-8-19(9-7-16)24-18-4-2-1-3-5-18;;/h1-9,17H,10-15H2,(H,22,23);;. The van der Waals surface area contributed by atoms with Gasteiger partial charge >= 0.3 is 24.8 Å². The molecule has 2 aromatic rings. The molecule has 1 N–H and O–H groups in total. The number of nitrogens with zero attached hydrogens (tertiary/aromatic N) is 1. The molecule has 0 atom stereocenters. The number of carbonyl (C=O) groups is 1. The average Bonchev–Trinajstić information content (AvgIpc) is 2.62. The number of aliphatic carboxylic acids is 1. The van der Waals surface area contributed by atoms with Crippen LogP contribution in [0.4, 0.5) is 0 Å². The van der Waals surface area contributed by atoms with Crippen molar-refractivity contribution in [3.63, 3.8) is 0 Å². The van der Waals surface area contributed by atoms with Crippen LogP contribution < -0.4 is 4.74 Å². The Morgan fingerprint density at radius 2 is 1.60 bits per heavy atom. The van der Waals surface area contributed by atoms with Crippen molar-refractivity contribution < 1.29 is 14.6 Å². The van der Waals surface area contributed by atoms with Crippen LogP contribution in [0.3, 0.4) is 0 Å². The molecule has 5 heteroatoms. The Balaban J connectivity index is 0.00000225. The van der Waals surface area contributed by atoms with Crippen LogP contribution in [0.1, 0.15) is 30.7 Å². The molecule has 0 bridgehead atoms. The van der Waals surface area contributed by atoms with Gasteiger partial charge in [-0.15, -0.1) is 0 Å². The van der Waals surface area contributed by atoms with Crippen molar-refractivity contribution in [1.82, 2.24) is 4.90 Å². The second-order valence-corrected chi connectivity index (χ2v) is 6.24. The number of hydrogen-bond donors (Lipinski definition) is 1. The van der Waals surface area contributed by atoms with Crippen molar-refractivity contribution in [2.24, 2.45) is 0 Å². The van der Waals surface area contributed by atoms with Gasteiger partial charge < -0.3 is 14.7 Å². The van der Waals surface area contributed by atoms with E-state index in [0.29, 0.717) is 12.5 Å². The molecule has 1 fully saturated rings. The van der Waals surface area contributed by atoms with Crippen LogP contribution in [0.15, 0.2) is 54.6 Å². The number of likely N-dealkylation sites (tertiary alicyclic amines) is 1. The Morgan fingerprint density at radius 3 is 2.20 bits per heavy atom. The van der Waals surface area contributed by atoms with Crippen molar-refractivity contribution >= 4 is 24.8 Å². The van der Waals surface area contributed by atoms with Crippen molar-refractivity contribution in [2.75, 3.05) is 19.6 Å². The van der Waals surface area contributed by atoms with Gasteiger partial charge in [0.05, 0.1) is 6.42 Å². The third-order valence-corrected chi connectivity index (χ3v) is 4.56. The first-order valence-corrected chi connectivity index (χ1v) is 8.48. The van der Waals surface area contributed by atoms with Gasteiger partial charge in [0.25, 0.3) is 0 Å². The summed E-state index contributed by atoms with van der Waals surface area (Å²) in [6.45, 7) is 2.60. The van der Waals surface area contributed by atoms with E-state index in [-0.39, 0.29) is 25.3 Å². The zero-order valence-corrected chi connectivity index (χ0v) is 13.7. The Morgan fingerprint density at radius 1 is 1.00 bits per heavy atom. The van der Waals surface area contributed by atoms with Crippen LogP contribution in [-0.4, -0.2) is 54.5 Å². The van der Waals surface area contributed by atoms with Gasteiger partial charge in [0.15, 0.2) is 0 Å². The number of ether oxygens (including phenoxy) is 1. The van der Waals surface area contributed by atoms with Crippen molar-refractivity contribution in [2.45, 2.75) is 25.2 Å². The van der Waals surface area contributed by atoms with Gasteiger partial charge in [-0.25, -0.2) is 0 Å². The summed E-state index contributed by atoms with van der Waals surface area (Å²) in [6.07, 6.45) is 2.40. The van der Waals surface area contributed by atoms with Gasteiger partial charge in [0, 0.05) is 6.54 Å². The molecule has 1 heterocycles. The second kappa shape index (κ2) is 9.67. The van der Waals surface area contributed by atoms with E-state index in [1.54, 1.807) is 0 Å². The molecule has 1 saturated heterocycles. The molecule has 128 valence electrons. The van der Waals surface area contributed by atoms with Crippen molar-refractivity contribution in [3.8, 4) is 11.5 Å². The topological polar surface area (TPSA) is 49.8 Å². The van der Waals surface area contributed by atoms with Crippen LogP contribution in [0.5, 0.6) is 11.5 Å². The first-order chi connectivity index (χ1) is 11.7. The van der Waals surface area contributed by atoms with Gasteiger partial charge in [-0.3, -0.25) is 4.79 Å². The van der Waals surface area contributed by atoms with Crippen LogP contribution in [0.25, 0.3) is 0 Å². The number of rotatable bonds is 6. The molecule has 0 spiro atoms. The number of hydrogen-bond acceptors (Lipinski definition) is 3. The molecule has 0 radical (unpaired) electrons. The van der Waals surface area contributed by atoms with Crippen LogP contribution >= 0.6 is 0 Å². The molecule has 0 amide bonds. The first-order valence-electron chi connectivity index (χ1n) is 8.48. The Hall–Kier alpha value is -1.73. The number of para-hydroxylation sites is 1. The van der Waals surface area contributed by atoms with Crippen molar-refractivity contribution in [3.05, 3.63) is 60.2 Å². The van der Waals surface area contributed by atoms with Gasteiger partial charge in [-0.05, 0) is 61.7 Å². The molecule has 0 aromatic heterocycles. The van der Waals surface area contributed by atoms with E-state index >= 15 is 0 Å². The summed E-state index contributed by atoms with van der Waals surface area (Å²) in [5, 5.41) is 8.77. The van der Waals surface area contributed by atoms with E-state index < -0.39 is 5.97 Å². The van der Waals surface area contributed by atoms with E-state index in [4.69, 9.17) is 9.84 Å². The van der Waals surface area contributed by atoms with E-state index in [0.717, 1.165) is 37.4 Å². The predicted molar refractivity (Wildman–Crippen MR) is 101 cm³/mol. The van der Waals surface area contributed by atoms with Gasteiger partial charge in [-0.1, -0.05) is 30.3 Å². The minimum absolute atomic E-state index is 0. The third kappa shape index (κ3) is 5.93. The molecule has 0 unspecified atom stereocenters. The number of benzene rings is 2. The second-order valence-electron chi connectivity index (χ2n) is 6.24. The van der Waals surface area contributed by atoms with E-state index in [9.17, 15) is 4.79 Å². The van der Waals surface area contributed by atoms with Crippen LogP contribution in [0.2, 0.25) is 0 Å². The summed E-state index contributed by atoms with van der Waals surface area (Å²) in [6, 6.07) is 18.1. The number of piperidine rings is 1. The molecule has 1 aliphatic heterocycles. The Kier molecular flexibility index (Phi) is 7.58. The predicted octanol–water partition coefficient (Wildman–Crippen LogP) is 3.48. The van der Waals surface area contributed by atoms with E-state index in [2.05, 4.69) is 17.0 Å². The Labute approximate surface area is 161 Å². The summed E-state index contributed by atoms with van der Waals surface area (Å²) in [5.74, 6) is 1.53. The molecule has 0 aliphatic carbocycles. The molecule has 25 heavy (non-hydrogen) atoms. The summed E-state index contributed by atoms with van der Waals surface area (Å²) in [4.78, 5) is 12.9. The quantitative estimate of drug-likeness (QED) is 0.822. The summed E-state index contributed by atoms with van der Waals surface area (Å²) >= 11 is 0. The zero-order valence-electron chi connectivity index (χ0n) is 13.7. The molecular formula is C20H24LiNO3. The average molecular weight is 333 g/mol. The zero-order chi connectivity index (χ0) is 16.8. The van der Waals surface area contributed by atoms with Gasteiger partial charge in [0.2, 0.25) is 0 Å². The SMILES string of the molecule is O=C(O)CCN1CCC(c2ccc(Oc3ccccc3)cc2)CC1.[LiH]. The fourth-order valence-electron chi connectivity index (χ4n) is 3.18. The maximum atomic E-state index is 10.7. The van der Waals surface area contributed by atoms with E-state index in [1.165, 1.54) is 5.56 Å². The summed E-state index contributed by atoms with van der Waals surface area (Å²) in [5.41, 5.74) is 1.34. The fraction of sp³-hybridized carbons (Fsp3) is 0.350. The van der Waals surface area contributed by atoms with E-state index in [1.807, 2.05) is 42.5 Å². The molecule has 1 aliphatic rings. The summed E-state index contributed by atoms with van der Waals surface area (Å²) in [7, 11) is 0. The summed E-state index contributed by atoms with van der Waals surface area (Å²) < 4.78 is 5.83. The first kappa shape index (κ1) is 19.6. The van der Waals surface area contributed by atoms with Crippen LogP contribution in [0, 0.1) is 0 Å². The molecule has 3 rings (SSSR count). The third-order valence-electron chi connectivity index (χ3n) is 4.56. The Bertz CT molecular complexity index is 652. The van der Waals surface area contributed by atoms with Crippen molar-refractivity contribution in [1.29, 1.82) is 0 Å². The van der Waals surface area contributed by atoms with Gasteiger partial charge in [0.1, 0.15) is 11.5 Å². The fourth-order valence-corrected chi connectivity index (χ4v) is 3.18. The molecule has 4 nitrogen and oxygen atoms in total. The number of carboxylic acid groups (broad SMARTS) is 1. The van der Waals surface area contributed by atoms with Gasteiger partial charge in [-0.2, -0.15) is 0 Å².